The van der Waals surface area contributed by atoms with Crippen molar-refractivity contribution < 1.29 is 13.9 Å². The van der Waals surface area contributed by atoms with Gasteiger partial charge in [-0.1, -0.05) is 29.8 Å². The van der Waals surface area contributed by atoms with Gasteiger partial charge < -0.3 is 10.1 Å². The van der Waals surface area contributed by atoms with Crippen molar-refractivity contribution in [3.8, 4) is 5.75 Å². The first-order valence-corrected chi connectivity index (χ1v) is 6.83. The molecule has 5 heteroatoms. The second kappa shape index (κ2) is 6.59. The highest BCUT2D eigenvalue weighted by atomic mass is 35.5. The molecule has 21 heavy (non-hydrogen) atoms. The third-order valence-electron chi connectivity index (χ3n) is 2.97. The Morgan fingerprint density at radius 3 is 2.67 bits per heavy atom. The van der Waals surface area contributed by atoms with Crippen molar-refractivity contribution in [2.75, 3.05) is 5.32 Å². The summed E-state index contributed by atoms with van der Waals surface area (Å²) in [5.41, 5.74) is 1.68. The molecule has 0 radical (unpaired) electrons. The number of carbonyl (C=O) groups is 1. The van der Waals surface area contributed by atoms with Gasteiger partial charge in [0.15, 0.2) is 6.10 Å². The third kappa shape index (κ3) is 3.95. The van der Waals surface area contributed by atoms with Crippen molar-refractivity contribution in [2.24, 2.45) is 0 Å². The zero-order valence-corrected chi connectivity index (χ0v) is 12.4. The first-order chi connectivity index (χ1) is 9.97. The van der Waals surface area contributed by atoms with E-state index < -0.39 is 11.9 Å². The van der Waals surface area contributed by atoms with Crippen LogP contribution in [0, 0.1) is 12.7 Å². The van der Waals surface area contributed by atoms with Crippen molar-refractivity contribution in [1.82, 2.24) is 0 Å². The lowest BCUT2D eigenvalue weighted by atomic mass is 10.2. The van der Waals surface area contributed by atoms with Crippen molar-refractivity contribution in [3.05, 3.63) is 58.9 Å². The Bertz CT molecular complexity index is 660. The number of benzene rings is 2. The smallest absolute Gasteiger partial charge is 0.265 e. The van der Waals surface area contributed by atoms with Crippen molar-refractivity contribution in [3.63, 3.8) is 0 Å². The molecule has 1 N–H and O–H groups in total. The van der Waals surface area contributed by atoms with Crippen molar-refractivity contribution >= 4 is 23.2 Å². The molecule has 0 aromatic heterocycles. The third-order valence-corrected chi connectivity index (χ3v) is 3.27. The molecule has 2 aromatic rings. The number of nitrogens with one attached hydrogen (secondary N) is 1. The van der Waals surface area contributed by atoms with Crippen molar-refractivity contribution in [1.29, 1.82) is 0 Å². The van der Waals surface area contributed by atoms with E-state index in [9.17, 15) is 9.18 Å². The molecule has 0 aliphatic carbocycles. The van der Waals surface area contributed by atoms with Crippen LogP contribution < -0.4 is 10.1 Å². The van der Waals surface area contributed by atoms with Crippen LogP contribution in [0.1, 0.15) is 12.5 Å². The second-order valence-corrected chi connectivity index (χ2v) is 5.05. The van der Waals surface area contributed by atoms with Crippen LogP contribution >= 0.6 is 11.6 Å². The molecule has 0 heterocycles. The lowest BCUT2D eigenvalue weighted by Crippen LogP contribution is -2.30. The summed E-state index contributed by atoms with van der Waals surface area (Å²) >= 11 is 5.87. The molecule has 0 saturated carbocycles. The lowest BCUT2D eigenvalue weighted by molar-refractivity contribution is -0.122. The second-order valence-electron chi connectivity index (χ2n) is 4.64. The summed E-state index contributed by atoms with van der Waals surface area (Å²) in [6.07, 6.45) is -0.757. The van der Waals surface area contributed by atoms with Gasteiger partial charge in [0, 0.05) is 5.69 Å². The SMILES string of the molecule is Cc1ccccc1NC(=O)C(C)Oc1ccc(F)cc1Cl. The van der Waals surface area contributed by atoms with Crippen LogP contribution in [-0.2, 0) is 4.79 Å². The first kappa shape index (κ1) is 15.3. The zero-order chi connectivity index (χ0) is 15.4. The highest BCUT2D eigenvalue weighted by Gasteiger charge is 2.17. The molecule has 3 nitrogen and oxygen atoms in total. The van der Waals surface area contributed by atoms with Gasteiger partial charge in [0.2, 0.25) is 0 Å². The lowest BCUT2D eigenvalue weighted by Gasteiger charge is -2.16. The molecule has 1 amide bonds. The van der Waals surface area contributed by atoms with Crippen LogP contribution in [0.2, 0.25) is 5.02 Å². The van der Waals surface area contributed by atoms with Gasteiger partial charge in [-0.15, -0.1) is 0 Å². The quantitative estimate of drug-likeness (QED) is 0.919. The number of ether oxygens (including phenoxy) is 1. The fraction of sp³-hybridized carbons (Fsp3) is 0.188. The normalized spacial score (nSPS) is 11.8. The molecule has 1 unspecified atom stereocenters. The summed E-state index contributed by atoms with van der Waals surface area (Å²) in [5.74, 6) is -0.487. The molecule has 0 spiro atoms. The van der Waals surface area contributed by atoms with Crippen LogP contribution in [0.25, 0.3) is 0 Å². The molecular weight excluding hydrogens is 293 g/mol. The number of para-hydroxylation sites is 1. The van der Waals surface area contributed by atoms with Crippen LogP contribution in [0.5, 0.6) is 5.75 Å². The van der Waals surface area contributed by atoms with Gasteiger partial charge in [-0.3, -0.25) is 4.79 Å². The highest BCUT2D eigenvalue weighted by Crippen LogP contribution is 2.26. The maximum atomic E-state index is 13.0. The fourth-order valence-electron chi connectivity index (χ4n) is 1.76. The van der Waals surface area contributed by atoms with Gasteiger partial charge in [-0.2, -0.15) is 0 Å². The van der Waals surface area contributed by atoms with Crippen LogP contribution in [0.15, 0.2) is 42.5 Å². The molecule has 0 aliphatic rings. The fourth-order valence-corrected chi connectivity index (χ4v) is 1.97. The number of amides is 1. The van der Waals surface area contributed by atoms with E-state index in [4.69, 9.17) is 16.3 Å². The highest BCUT2D eigenvalue weighted by molar-refractivity contribution is 6.32. The number of aryl methyl sites for hydroxylation is 1. The average molecular weight is 308 g/mol. The Hall–Kier alpha value is -2.07. The molecule has 1 atom stereocenters. The summed E-state index contributed by atoms with van der Waals surface area (Å²) in [7, 11) is 0. The van der Waals surface area contributed by atoms with Gasteiger partial charge in [0.05, 0.1) is 5.02 Å². The first-order valence-electron chi connectivity index (χ1n) is 6.45. The summed E-state index contributed by atoms with van der Waals surface area (Å²) in [6.45, 7) is 3.51. The number of hydrogen-bond acceptors (Lipinski definition) is 2. The van der Waals surface area contributed by atoms with E-state index in [1.807, 2.05) is 31.2 Å². The molecule has 0 bridgehead atoms. The van der Waals surface area contributed by atoms with Crippen LogP contribution in [0.4, 0.5) is 10.1 Å². The molecular formula is C16H15ClFNO2. The number of halogens is 2. The van der Waals surface area contributed by atoms with E-state index in [-0.39, 0.29) is 16.7 Å². The maximum Gasteiger partial charge on any atom is 0.265 e. The van der Waals surface area contributed by atoms with E-state index >= 15 is 0 Å². The summed E-state index contributed by atoms with van der Waals surface area (Å²) in [5, 5.41) is 2.91. The molecule has 0 aliphatic heterocycles. The van der Waals surface area contributed by atoms with Gasteiger partial charge in [0.25, 0.3) is 5.91 Å². The van der Waals surface area contributed by atoms with Gasteiger partial charge >= 0.3 is 0 Å². The van der Waals surface area contributed by atoms with E-state index in [0.29, 0.717) is 0 Å². The summed E-state index contributed by atoms with van der Waals surface area (Å²) in [6, 6.07) is 11.2. The Balaban J connectivity index is 2.04. The Morgan fingerprint density at radius 2 is 2.00 bits per heavy atom. The number of carbonyl (C=O) groups excluding carboxylic acids is 1. The van der Waals surface area contributed by atoms with E-state index in [2.05, 4.69) is 5.32 Å². The van der Waals surface area contributed by atoms with E-state index in [1.54, 1.807) is 6.92 Å². The van der Waals surface area contributed by atoms with Gasteiger partial charge in [-0.25, -0.2) is 4.39 Å². The minimum absolute atomic E-state index is 0.130. The number of rotatable bonds is 4. The molecule has 0 fully saturated rings. The minimum Gasteiger partial charge on any atom is -0.479 e. The maximum absolute atomic E-state index is 13.0. The van der Waals surface area contributed by atoms with Gasteiger partial charge in [0.1, 0.15) is 11.6 Å². The molecule has 2 aromatic carbocycles. The summed E-state index contributed by atoms with van der Waals surface area (Å²) < 4.78 is 18.4. The summed E-state index contributed by atoms with van der Waals surface area (Å²) in [4.78, 5) is 12.1. The van der Waals surface area contributed by atoms with Gasteiger partial charge in [-0.05, 0) is 43.7 Å². The van der Waals surface area contributed by atoms with Crippen LogP contribution in [-0.4, -0.2) is 12.0 Å². The topological polar surface area (TPSA) is 38.3 Å². The average Bonchev–Trinajstić information content (AvgIpc) is 2.44. The zero-order valence-electron chi connectivity index (χ0n) is 11.7. The minimum atomic E-state index is -0.757. The standard InChI is InChI=1S/C16H15ClFNO2/c1-10-5-3-4-6-14(10)19-16(20)11(2)21-15-8-7-12(18)9-13(15)17/h3-9,11H,1-2H3,(H,19,20). The van der Waals surface area contributed by atoms with E-state index in [0.717, 1.165) is 17.3 Å². The Labute approximate surface area is 127 Å². The molecule has 0 saturated heterocycles. The van der Waals surface area contributed by atoms with Crippen molar-refractivity contribution in [2.45, 2.75) is 20.0 Å². The Kier molecular flexibility index (Phi) is 4.81. The predicted octanol–water partition coefficient (Wildman–Crippen LogP) is 4.19. The molecule has 110 valence electrons. The predicted molar refractivity (Wildman–Crippen MR) is 81.3 cm³/mol. The largest absolute Gasteiger partial charge is 0.479 e. The molecule has 2 rings (SSSR count). The number of anilines is 1. The number of hydrogen-bond donors (Lipinski definition) is 1. The van der Waals surface area contributed by atoms with E-state index in [1.165, 1.54) is 12.1 Å². The van der Waals surface area contributed by atoms with Crippen LogP contribution in [0.3, 0.4) is 0 Å². The Morgan fingerprint density at radius 1 is 1.29 bits per heavy atom. The monoisotopic (exact) mass is 307 g/mol.